The lowest BCUT2D eigenvalue weighted by Gasteiger charge is -2.16. The summed E-state index contributed by atoms with van der Waals surface area (Å²) in [6.07, 6.45) is 7.39. The molecule has 6 rings (SSSR count). The molecule has 0 aliphatic heterocycles. The molecule has 2 unspecified atom stereocenters. The Labute approximate surface area is 186 Å². The monoisotopic (exact) mass is 422 g/mol. The van der Waals surface area contributed by atoms with Gasteiger partial charge in [-0.25, -0.2) is 15.0 Å². The molecule has 0 bridgehead atoms. The number of aryl methyl sites for hydroxylation is 1. The summed E-state index contributed by atoms with van der Waals surface area (Å²) in [6, 6.07) is 19.3. The van der Waals surface area contributed by atoms with Crippen molar-refractivity contribution in [3.8, 4) is 0 Å². The van der Waals surface area contributed by atoms with Gasteiger partial charge >= 0.3 is 0 Å². The topological polar surface area (TPSA) is 95.6 Å². The highest BCUT2D eigenvalue weighted by atomic mass is 15.1. The van der Waals surface area contributed by atoms with E-state index in [0.29, 0.717) is 23.6 Å². The van der Waals surface area contributed by atoms with Crippen LogP contribution in [0.2, 0.25) is 0 Å². The van der Waals surface area contributed by atoms with Gasteiger partial charge in [-0.2, -0.15) is 0 Å². The van der Waals surface area contributed by atoms with E-state index in [4.69, 9.17) is 11.5 Å². The molecule has 2 atom stereocenters. The van der Waals surface area contributed by atoms with Gasteiger partial charge in [-0.1, -0.05) is 30.3 Å². The number of hydrogen-bond donors (Lipinski definition) is 2. The Kier molecular flexibility index (Phi) is 4.45. The standard InChI is InChI=1S/C26H26N6/c27-23-12-10-18-9-7-17(14-21(18)31-23)6-5-16-8-11-19(13-16)32-22-4-2-1-3-20(22)24-25(28)29-15-30-26(24)32/h1-4,7,9-10,12,14-16,19H,5-6,8,11,13H2,(H2,27,31)(H2,28,29,30). The predicted molar refractivity (Wildman–Crippen MR) is 130 cm³/mol. The molecule has 0 amide bonds. The maximum absolute atomic E-state index is 6.25. The number of anilines is 2. The second-order valence-electron chi connectivity index (χ2n) is 8.98. The second kappa shape index (κ2) is 7.48. The minimum absolute atomic E-state index is 0.440. The largest absolute Gasteiger partial charge is 0.384 e. The van der Waals surface area contributed by atoms with Crippen molar-refractivity contribution in [3.63, 3.8) is 0 Å². The van der Waals surface area contributed by atoms with Gasteiger partial charge in [0, 0.05) is 16.8 Å². The van der Waals surface area contributed by atoms with Crippen molar-refractivity contribution in [1.82, 2.24) is 19.5 Å². The lowest BCUT2D eigenvalue weighted by molar-refractivity contribution is 0.466. The summed E-state index contributed by atoms with van der Waals surface area (Å²) in [7, 11) is 0. The molecule has 4 N–H and O–H groups in total. The van der Waals surface area contributed by atoms with Crippen LogP contribution in [0.5, 0.6) is 0 Å². The Morgan fingerprint density at radius 2 is 1.84 bits per heavy atom. The van der Waals surface area contributed by atoms with Gasteiger partial charge < -0.3 is 16.0 Å². The molecule has 2 aromatic carbocycles. The highest BCUT2D eigenvalue weighted by Gasteiger charge is 2.29. The van der Waals surface area contributed by atoms with Gasteiger partial charge in [0.2, 0.25) is 0 Å². The lowest BCUT2D eigenvalue weighted by Crippen LogP contribution is -2.07. The van der Waals surface area contributed by atoms with Crippen LogP contribution in [0, 0.1) is 5.92 Å². The average Bonchev–Trinajstić information content (AvgIpc) is 3.40. The van der Waals surface area contributed by atoms with E-state index >= 15 is 0 Å². The van der Waals surface area contributed by atoms with Crippen LogP contribution in [0.25, 0.3) is 32.8 Å². The van der Waals surface area contributed by atoms with Crippen molar-refractivity contribution < 1.29 is 0 Å². The molecule has 0 saturated heterocycles. The molecule has 3 heterocycles. The first-order chi connectivity index (χ1) is 15.7. The average molecular weight is 423 g/mol. The fraction of sp³-hybridized carbons (Fsp3) is 0.269. The predicted octanol–water partition coefficient (Wildman–Crippen LogP) is 5.27. The third-order valence-corrected chi connectivity index (χ3v) is 7.02. The third-order valence-electron chi connectivity index (χ3n) is 7.02. The third kappa shape index (κ3) is 3.14. The molecule has 3 aromatic heterocycles. The molecule has 0 spiro atoms. The molecule has 1 aliphatic rings. The Bertz CT molecular complexity index is 1450. The smallest absolute Gasteiger partial charge is 0.146 e. The van der Waals surface area contributed by atoms with Crippen LogP contribution < -0.4 is 11.5 Å². The second-order valence-corrected chi connectivity index (χ2v) is 8.98. The van der Waals surface area contributed by atoms with E-state index in [1.165, 1.54) is 23.9 Å². The summed E-state index contributed by atoms with van der Waals surface area (Å²) >= 11 is 0. The SMILES string of the molecule is Nc1ccc2ccc(CCC3CCC(n4c5ccccc5c5c(N)ncnc54)C3)cc2n1. The summed E-state index contributed by atoms with van der Waals surface area (Å²) in [6.45, 7) is 0. The maximum Gasteiger partial charge on any atom is 0.146 e. The normalized spacial score (nSPS) is 18.8. The van der Waals surface area contributed by atoms with Crippen molar-refractivity contribution in [3.05, 3.63) is 66.5 Å². The molecular formula is C26H26N6. The lowest BCUT2D eigenvalue weighted by atomic mass is 9.97. The van der Waals surface area contributed by atoms with Gasteiger partial charge in [0.05, 0.1) is 16.4 Å². The van der Waals surface area contributed by atoms with Crippen molar-refractivity contribution >= 4 is 44.5 Å². The zero-order valence-electron chi connectivity index (χ0n) is 17.9. The quantitative estimate of drug-likeness (QED) is 0.411. The number of nitrogens with two attached hydrogens (primary N) is 2. The van der Waals surface area contributed by atoms with Crippen molar-refractivity contribution in [1.29, 1.82) is 0 Å². The maximum atomic E-state index is 6.25. The first kappa shape index (κ1) is 19.0. The van der Waals surface area contributed by atoms with Gasteiger partial charge in [0.25, 0.3) is 0 Å². The summed E-state index contributed by atoms with van der Waals surface area (Å²) in [4.78, 5) is 13.4. The fourth-order valence-electron chi connectivity index (χ4n) is 5.46. The number of pyridine rings is 1. The Morgan fingerprint density at radius 3 is 2.78 bits per heavy atom. The number of aromatic nitrogens is 4. The van der Waals surface area contributed by atoms with Gasteiger partial charge in [-0.05, 0) is 67.9 Å². The van der Waals surface area contributed by atoms with Gasteiger partial charge in [-0.3, -0.25) is 0 Å². The molecule has 1 aliphatic carbocycles. The van der Waals surface area contributed by atoms with E-state index in [1.54, 1.807) is 6.33 Å². The van der Waals surface area contributed by atoms with Gasteiger partial charge in [0.1, 0.15) is 23.6 Å². The summed E-state index contributed by atoms with van der Waals surface area (Å²) in [5, 5.41) is 3.26. The zero-order chi connectivity index (χ0) is 21.7. The van der Waals surface area contributed by atoms with Crippen LogP contribution in [0.4, 0.5) is 11.6 Å². The minimum atomic E-state index is 0.440. The number of rotatable bonds is 4. The minimum Gasteiger partial charge on any atom is -0.384 e. The molecule has 5 aromatic rings. The molecule has 1 saturated carbocycles. The van der Waals surface area contributed by atoms with Crippen LogP contribution >= 0.6 is 0 Å². The van der Waals surface area contributed by atoms with Crippen molar-refractivity contribution in [2.24, 2.45) is 5.92 Å². The van der Waals surface area contributed by atoms with E-state index in [-0.39, 0.29) is 0 Å². The van der Waals surface area contributed by atoms with Crippen molar-refractivity contribution in [2.45, 2.75) is 38.1 Å². The number of nitrogens with zero attached hydrogens (tertiary/aromatic N) is 4. The molecule has 0 radical (unpaired) electrons. The van der Waals surface area contributed by atoms with E-state index in [2.05, 4.69) is 62.0 Å². The Balaban J connectivity index is 1.24. The first-order valence-electron chi connectivity index (χ1n) is 11.3. The molecular weight excluding hydrogens is 396 g/mol. The highest BCUT2D eigenvalue weighted by Crippen LogP contribution is 2.42. The van der Waals surface area contributed by atoms with E-state index in [9.17, 15) is 0 Å². The number of hydrogen-bond acceptors (Lipinski definition) is 5. The molecule has 32 heavy (non-hydrogen) atoms. The van der Waals surface area contributed by atoms with E-state index in [1.807, 2.05) is 12.1 Å². The van der Waals surface area contributed by atoms with Gasteiger partial charge in [0.15, 0.2) is 0 Å². The van der Waals surface area contributed by atoms with Crippen LogP contribution in [-0.2, 0) is 6.42 Å². The number of para-hydroxylation sites is 1. The fourth-order valence-corrected chi connectivity index (χ4v) is 5.46. The van der Waals surface area contributed by atoms with Crippen LogP contribution in [-0.4, -0.2) is 19.5 Å². The molecule has 6 nitrogen and oxygen atoms in total. The molecule has 6 heteroatoms. The Hall–Kier alpha value is -3.67. The summed E-state index contributed by atoms with van der Waals surface area (Å²) in [5.74, 6) is 1.83. The zero-order valence-corrected chi connectivity index (χ0v) is 17.9. The van der Waals surface area contributed by atoms with Gasteiger partial charge in [-0.15, -0.1) is 0 Å². The van der Waals surface area contributed by atoms with Crippen LogP contribution in [0.1, 0.15) is 37.3 Å². The van der Waals surface area contributed by atoms with Crippen LogP contribution in [0.15, 0.2) is 60.9 Å². The highest BCUT2D eigenvalue weighted by molar-refractivity contribution is 6.11. The number of fused-ring (bicyclic) bond motifs is 4. The first-order valence-corrected chi connectivity index (χ1v) is 11.3. The number of benzene rings is 2. The van der Waals surface area contributed by atoms with Crippen molar-refractivity contribution in [2.75, 3.05) is 11.5 Å². The summed E-state index contributed by atoms with van der Waals surface area (Å²) in [5.41, 5.74) is 16.6. The Morgan fingerprint density at radius 1 is 0.969 bits per heavy atom. The van der Waals surface area contributed by atoms with E-state index < -0.39 is 0 Å². The number of nitrogen functional groups attached to an aromatic ring is 2. The molecule has 160 valence electrons. The molecule has 1 fully saturated rings. The summed E-state index contributed by atoms with van der Waals surface area (Å²) < 4.78 is 2.41. The van der Waals surface area contributed by atoms with E-state index in [0.717, 1.165) is 46.6 Å². The van der Waals surface area contributed by atoms with Crippen LogP contribution in [0.3, 0.4) is 0 Å².